The van der Waals surface area contributed by atoms with Crippen LogP contribution in [0.2, 0.25) is 0 Å². The first-order chi connectivity index (χ1) is 8.93. The van der Waals surface area contributed by atoms with E-state index in [0.29, 0.717) is 5.92 Å². The average Bonchev–Trinajstić information content (AvgIpc) is 2.37. The topological polar surface area (TPSA) is 35.2 Å². The molecule has 1 aliphatic rings. The van der Waals surface area contributed by atoms with Crippen LogP contribution in [-0.4, -0.2) is 12.6 Å². The van der Waals surface area contributed by atoms with Gasteiger partial charge >= 0.3 is 0 Å². The standard InChI is InChI=1S/C16H24BrNO/c1-11-6-7-16(18,9-12(11)2)10-13-8-14(19-3)4-5-15(13)17/h4-5,8,11-12H,6-7,9-10,18H2,1-3H3. The molecule has 1 aliphatic carbocycles. The van der Waals surface area contributed by atoms with E-state index in [1.807, 2.05) is 12.1 Å². The Morgan fingerprint density at radius 3 is 2.74 bits per heavy atom. The molecule has 0 radical (unpaired) electrons. The highest BCUT2D eigenvalue weighted by Crippen LogP contribution is 2.38. The summed E-state index contributed by atoms with van der Waals surface area (Å²) < 4.78 is 6.44. The van der Waals surface area contributed by atoms with Gasteiger partial charge in [0.1, 0.15) is 5.75 Å². The first-order valence-electron chi connectivity index (χ1n) is 7.05. The van der Waals surface area contributed by atoms with E-state index in [1.54, 1.807) is 7.11 Å². The zero-order chi connectivity index (χ0) is 14.0. The number of methoxy groups -OCH3 is 1. The third kappa shape index (κ3) is 3.51. The molecule has 2 N–H and O–H groups in total. The van der Waals surface area contributed by atoms with Gasteiger partial charge in [0.15, 0.2) is 0 Å². The summed E-state index contributed by atoms with van der Waals surface area (Å²) in [6.45, 7) is 4.66. The van der Waals surface area contributed by atoms with Crippen LogP contribution in [-0.2, 0) is 6.42 Å². The van der Waals surface area contributed by atoms with Gasteiger partial charge in [-0.3, -0.25) is 0 Å². The van der Waals surface area contributed by atoms with E-state index in [1.165, 1.54) is 12.0 Å². The summed E-state index contributed by atoms with van der Waals surface area (Å²) in [5.41, 5.74) is 7.83. The van der Waals surface area contributed by atoms with Crippen LogP contribution in [0.1, 0.15) is 38.7 Å². The normalized spacial score (nSPS) is 31.2. The fourth-order valence-corrected chi connectivity index (χ4v) is 3.48. The maximum atomic E-state index is 6.64. The number of ether oxygens (including phenoxy) is 1. The minimum atomic E-state index is -0.0686. The summed E-state index contributed by atoms with van der Waals surface area (Å²) in [6.07, 6.45) is 4.38. The second-order valence-electron chi connectivity index (χ2n) is 6.19. The van der Waals surface area contributed by atoms with Gasteiger partial charge in [0, 0.05) is 10.0 Å². The molecule has 0 aliphatic heterocycles. The van der Waals surface area contributed by atoms with Crippen molar-refractivity contribution in [1.82, 2.24) is 0 Å². The Morgan fingerprint density at radius 1 is 1.37 bits per heavy atom. The third-order valence-electron chi connectivity index (χ3n) is 4.59. The molecular formula is C16H24BrNO. The first-order valence-corrected chi connectivity index (χ1v) is 7.84. The number of hydrogen-bond donors (Lipinski definition) is 1. The van der Waals surface area contributed by atoms with Crippen molar-refractivity contribution in [3.8, 4) is 5.75 Å². The van der Waals surface area contributed by atoms with E-state index in [0.717, 1.165) is 35.4 Å². The highest BCUT2D eigenvalue weighted by atomic mass is 79.9. The molecule has 0 saturated heterocycles. The molecule has 3 atom stereocenters. The lowest BCUT2D eigenvalue weighted by Gasteiger charge is -2.40. The Bertz CT molecular complexity index is 448. The van der Waals surface area contributed by atoms with Gasteiger partial charge in [-0.05, 0) is 61.3 Å². The lowest BCUT2D eigenvalue weighted by atomic mass is 9.69. The fraction of sp³-hybridized carbons (Fsp3) is 0.625. The lowest BCUT2D eigenvalue weighted by Crippen LogP contribution is -2.47. The summed E-state index contributed by atoms with van der Waals surface area (Å²) in [7, 11) is 1.70. The Kier molecular flexibility index (Phi) is 4.57. The molecule has 0 bridgehead atoms. The summed E-state index contributed by atoms with van der Waals surface area (Å²) in [6, 6.07) is 6.12. The molecule has 0 spiro atoms. The van der Waals surface area contributed by atoms with Crippen LogP contribution in [0.25, 0.3) is 0 Å². The van der Waals surface area contributed by atoms with Gasteiger partial charge in [-0.15, -0.1) is 0 Å². The van der Waals surface area contributed by atoms with Crippen molar-refractivity contribution in [2.45, 2.75) is 45.1 Å². The van der Waals surface area contributed by atoms with Crippen LogP contribution in [0.15, 0.2) is 22.7 Å². The minimum absolute atomic E-state index is 0.0686. The van der Waals surface area contributed by atoms with Gasteiger partial charge in [0.2, 0.25) is 0 Å². The maximum absolute atomic E-state index is 6.64. The molecule has 1 fully saturated rings. The molecule has 2 nitrogen and oxygen atoms in total. The van der Waals surface area contributed by atoms with Crippen LogP contribution < -0.4 is 10.5 Å². The van der Waals surface area contributed by atoms with Crippen LogP contribution >= 0.6 is 15.9 Å². The Labute approximate surface area is 124 Å². The van der Waals surface area contributed by atoms with Crippen LogP contribution in [0.5, 0.6) is 5.75 Å². The second kappa shape index (κ2) is 5.84. The van der Waals surface area contributed by atoms with E-state index in [-0.39, 0.29) is 5.54 Å². The summed E-state index contributed by atoms with van der Waals surface area (Å²) in [4.78, 5) is 0. The van der Waals surface area contributed by atoms with Crippen molar-refractivity contribution in [2.24, 2.45) is 17.6 Å². The SMILES string of the molecule is COc1ccc(Br)c(CC2(N)CCC(C)C(C)C2)c1. The van der Waals surface area contributed by atoms with Crippen LogP contribution in [0.3, 0.4) is 0 Å². The maximum Gasteiger partial charge on any atom is 0.119 e. The van der Waals surface area contributed by atoms with Crippen molar-refractivity contribution in [2.75, 3.05) is 7.11 Å². The van der Waals surface area contributed by atoms with Gasteiger partial charge in [0.05, 0.1) is 7.11 Å². The van der Waals surface area contributed by atoms with E-state index in [9.17, 15) is 0 Å². The highest BCUT2D eigenvalue weighted by Gasteiger charge is 2.34. The van der Waals surface area contributed by atoms with Gasteiger partial charge in [-0.25, -0.2) is 0 Å². The molecule has 19 heavy (non-hydrogen) atoms. The van der Waals surface area contributed by atoms with E-state index < -0.39 is 0 Å². The molecule has 2 rings (SSSR count). The molecule has 1 aromatic rings. The summed E-state index contributed by atoms with van der Waals surface area (Å²) >= 11 is 3.63. The first kappa shape index (κ1) is 14.9. The molecule has 1 aromatic carbocycles. The molecule has 0 amide bonds. The van der Waals surface area contributed by atoms with E-state index >= 15 is 0 Å². The lowest BCUT2D eigenvalue weighted by molar-refractivity contribution is 0.175. The number of benzene rings is 1. The van der Waals surface area contributed by atoms with Crippen LogP contribution in [0.4, 0.5) is 0 Å². The van der Waals surface area contributed by atoms with Gasteiger partial charge < -0.3 is 10.5 Å². The van der Waals surface area contributed by atoms with E-state index in [4.69, 9.17) is 10.5 Å². The van der Waals surface area contributed by atoms with E-state index in [2.05, 4.69) is 35.8 Å². The van der Waals surface area contributed by atoms with Crippen LogP contribution in [0, 0.1) is 11.8 Å². The van der Waals surface area contributed by atoms with Crippen molar-refractivity contribution in [3.05, 3.63) is 28.2 Å². The number of nitrogens with two attached hydrogens (primary N) is 1. The number of halogens is 1. The predicted octanol–water partition coefficient (Wildman–Crippen LogP) is 4.15. The number of hydrogen-bond acceptors (Lipinski definition) is 2. The smallest absolute Gasteiger partial charge is 0.119 e. The number of rotatable bonds is 3. The molecule has 0 heterocycles. The Morgan fingerprint density at radius 2 is 2.11 bits per heavy atom. The summed E-state index contributed by atoms with van der Waals surface area (Å²) in [5.74, 6) is 2.41. The van der Waals surface area contributed by atoms with Crippen molar-refractivity contribution >= 4 is 15.9 Å². The van der Waals surface area contributed by atoms with Crippen molar-refractivity contribution < 1.29 is 4.74 Å². The predicted molar refractivity (Wildman–Crippen MR) is 83.5 cm³/mol. The summed E-state index contributed by atoms with van der Waals surface area (Å²) in [5, 5.41) is 0. The molecule has 0 aromatic heterocycles. The molecule has 106 valence electrons. The molecular weight excluding hydrogens is 302 g/mol. The molecule has 3 unspecified atom stereocenters. The van der Waals surface area contributed by atoms with Gasteiger partial charge in [-0.2, -0.15) is 0 Å². The quantitative estimate of drug-likeness (QED) is 0.905. The average molecular weight is 326 g/mol. The fourth-order valence-electron chi connectivity index (χ4n) is 3.10. The second-order valence-corrected chi connectivity index (χ2v) is 7.05. The van der Waals surface area contributed by atoms with Gasteiger partial charge in [-0.1, -0.05) is 29.8 Å². The minimum Gasteiger partial charge on any atom is -0.497 e. The third-order valence-corrected chi connectivity index (χ3v) is 5.37. The van der Waals surface area contributed by atoms with Crippen molar-refractivity contribution in [1.29, 1.82) is 0 Å². The zero-order valence-electron chi connectivity index (χ0n) is 12.1. The van der Waals surface area contributed by atoms with Gasteiger partial charge in [0.25, 0.3) is 0 Å². The largest absolute Gasteiger partial charge is 0.497 e. The Hall–Kier alpha value is -0.540. The highest BCUT2D eigenvalue weighted by molar-refractivity contribution is 9.10. The zero-order valence-corrected chi connectivity index (χ0v) is 13.7. The Balaban J connectivity index is 2.16. The molecule has 1 saturated carbocycles. The monoisotopic (exact) mass is 325 g/mol. The van der Waals surface area contributed by atoms with Crippen molar-refractivity contribution in [3.63, 3.8) is 0 Å². The molecule has 3 heteroatoms.